The summed E-state index contributed by atoms with van der Waals surface area (Å²) in [5, 5.41) is 2.70. The largest absolute Gasteiger partial charge is 0.354 e. The highest BCUT2D eigenvalue weighted by Gasteiger charge is 2.20. The van der Waals surface area contributed by atoms with Crippen LogP contribution in [-0.2, 0) is 14.6 Å². The van der Waals surface area contributed by atoms with Crippen molar-refractivity contribution in [2.45, 2.75) is 11.3 Å². The van der Waals surface area contributed by atoms with Gasteiger partial charge in [-0.1, -0.05) is 0 Å². The lowest BCUT2D eigenvalue weighted by atomic mass is 10.2. The number of hydrogen-bond acceptors (Lipinski definition) is 4. The summed E-state index contributed by atoms with van der Waals surface area (Å²) in [5.74, 6) is -0.255. The van der Waals surface area contributed by atoms with Crippen LogP contribution < -0.4 is 5.32 Å². The summed E-state index contributed by atoms with van der Waals surface area (Å²) in [5.41, 5.74) is 0.423. The predicted octanol–water partition coefficient (Wildman–Crippen LogP) is 0.0522. The van der Waals surface area contributed by atoms with Crippen LogP contribution in [-0.4, -0.2) is 51.0 Å². The van der Waals surface area contributed by atoms with Gasteiger partial charge in [-0.25, -0.2) is 8.42 Å². The molecule has 2 amide bonds. The van der Waals surface area contributed by atoms with Gasteiger partial charge in [0.15, 0.2) is 9.84 Å². The maximum absolute atomic E-state index is 12.3. The van der Waals surface area contributed by atoms with Gasteiger partial charge in [0.05, 0.1) is 4.90 Å². The average Bonchev–Trinajstić information content (AvgIpc) is 2.62. The molecule has 0 aromatic heterocycles. The maximum Gasteiger partial charge on any atom is 0.253 e. The van der Waals surface area contributed by atoms with Crippen LogP contribution in [0.25, 0.3) is 0 Å². The van der Waals surface area contributed by atoms with Gasteiger partial charge in [-0.15, -0.1) is 0 Å². The molecule has 0 aliphatic carbocycles. The van der Waals surface area contributed by atoms with E-state index >= 15 is 0 Å². The van der Waals surface area contributed by atoms with Crippen LogP contribution in [0, 0.1) is 0 Å². The van der Waals surface area contributed by atoms with Crippen LogP contribution in [0.3, 0.4) is 0 Å². The van der Waals surface area contributed by atoms with Crippen LogP contribution in [0.15, 0.2) is 29.2 Å². The van der Waals surface area contributed by atoms with Crippen LogP contribution >= 0.6 is 0 Å². The van der Waals surface area contributed by atoms with Gasteiger partial charge >= 0.3 is 0 Å². The topological polar surface area (TPSA) is 83.6 Å². The molecule has 7 heteroatoms. The highest BCUT2D eigenvalue weighted by Crippen LogP contribution is 2.12. The zero-order chi connectivity index (χ0) is 14.8. The van der Waals surface area contributed by atoms with Crippen molar-refractivity contribution in [1.29, 1.82) is 0 Å². The molecular weight excluding hydrogens is 280 g/mol. The summed E-state index contributed by atoms with van der Waals surface area (Å²) in [6.45, 7) is 1.27. The van der Waals surface area contributed by atoms with E-state index in [-0.39, 0.29) is 23.1 Å². The Kier molecular flexibility index (Phi) is 4.08. The molecule has 1 aromatic carbocycles. The summed E-state index contributed by atoms with van der Waals surface area (Å²) in [6, 6.07) is 5.84. The van der Waals surface area contributed by atoms with E-state index in [1.54, 1.807) is 4.90 Å². The van der Waals surface area contributed by atoms with Gasteiger partial charge in [-0.05, 0) is 24.3 Å². The fourth-order valence-electron chi connectivity index (χ4n) is 2.00. The molecule has 0 saturated carbocycles. The number of rotatable bonds is 2. The van der Waals surface area contributed by atoms with E-state index in [9.17, 15) is 18.0 Å². The van der Waals surface area contributed by atoms with Crippen molar-refractivity contribution in [1.82, 2.24) is 10.2 Å². The second-order valence-corrected chi connectivity index (χ2v) is 6.70. The molecule has 6 nitrogen and oxygen atoms in total. The van der Waals surface area contributed by atoms with E-state index in [1.807, 2.05) is 0 Å². The third-order valence-electron chi connectivity index (χ3n) is 3.13. The summed E-state index contributed by atoms with van der Waals surface area (Å²) in [7, 11) is -3.26. The van der Waals surface area contributed by atoms with Crippen LogP contribution in [0.4, 0.5) is 0 Å². The van der Waals surface area contributed by atoms with Gasteiger partial charge < -0.3 is 10.2 Å². The Balaban J connectivity index is 2.15. The molecule has 1 aliphatic rings. The third kappa shape index (κ3) is 3.36. The minimum atomic E-state index is -3.26. The van der Waals surface area contributed by atoms with Crippen molar-refractivity contribution >= 4 is 21.7 Å². The number of benzene rings is 1. The zero-order valence-corrected chi connectivity index (χ0v) is 11.9. The lowest BCUT2D eigenvalue weighted by Gasteiger charge is -2.19. The van der Waals surface area contributed by atoms with Gasteiger partial charge in [0.25, 0.3) is 5.91 Å². The first kappa shape index (κ1) is 14.5. The number of sulfone groups is 1. The Morgan fingerprint density at radius 2 is 1.85 bits per heavy atom. The molecule has 1 N–H and O–H groups in total. The second-order valence-electron chi connectivity index (χ2n) is 4.69. The molecule has 1 heterocycles. The molecule has 2 rings (SSSR count). The smallest absolute Gasteiger partial charge is 0.253 e. The SMILES string of the molecule is CS(=O)(=O)c1ccc(C(=O)N2CCNC(=O)CC2)cc1. The van der Waals surface area contributed by atoms with Crippen LogP contribution in [0.2, 0.25) is 0 Å². The molecule has 1 fully saturated rings. The summed E-state index contributed by atoms with van der Waals surface area (Å²) in [6.07, 6.45) is 1.41. The van der Waals surface area contributed by atoms with E-state index in [4.69, 9.17) is 0 Å². The number of nitrogens with zero attached hydrogens (tertiary/aromatic N) is 1. The summed E-state index contributed by atoms with van der Waals surface area (Å²) >= 11 is 0. The molecule has 20 heavy (non-hydrogen) atoms. The normalized spacial score (nSPS) is 16.4. The highest BCUT2D eigenvalue weighted by molar-refractivity contribution is 7.90. The zero-order valence-electron chi connectivity index (χ0n) is 11.1. The lowest BCUT2D eigenvalue weighted by Crippen LogP contribution is -2.34. The van der Waals surface area contributed by atoms with Crippen molar-refractivity contribution < 1.29 is 18.0 Å². The molecular formula is C13H16N2O4S. The Bertz CT molecular complexity index is 622. The molecule has 1 aliphatic heterocycles. The fourth-order valence-corrected chi connectivity index (χ4v) is 2.63. The first-order chi connectivity index (χ1) is 9.38. The predicted molar refractivity (Wildman–Crippen MR) is 73.1 cm³/mol. The fraction of sp³-hybridized carbons (Fsp3) is 0.385. The standard InChI is InChI=1S/C13H16N2O4S/c1-20(18,19)11-4-2-10(3-5-11)13(17)15-8-6-12(16)14-7-9-15/h2-5H,6-9H2,1H3,(H,14,16). The number of carbonyl (C=O) groups is 2. The first-order valence-corrected chi connectivity index (χ1v) is 8.13. The monoisotopic (exact) mass is 296 g/mol. The van der Waals surface area contributed by atoms with Crippen molar-refractivity contribution in [2.75, 3.05) is 25.9 Å². The first-order valence-electron chi connectivity index (χ1n) is 6.24. The van der Waals surface area contributed by atoms with Gasteiger partial charge in [0.2, 0.25) is 5.91 Å². The average molecular weight is 296 g/mol. The Labute approximate surface area is 117 Å². The molecule has 0 atom stereocenters. The van der Waals surface area contributed by atoms with E-state index in [2.05, 4.69) is 5.32 Å². The minimum Gasteiger partial charge on any atom is -0.354 e. The van der Waals surface area contributed by atoms with E-state index in [0.29, 0.717) is 25.2 Å². The summed E-state index contributed by atoms with van der Waals surface area (Å²) in [4.78, 5) is 25.3. The van der Waals surface area contributed by atoms with E-state index in [1.165, 1.54) is 24.3 Å². The number of nitrogens with one attached hydrogen (secondary N) is 1. The molecule has 0 bridgehead atoms. The van der Waals surface area contributed by atoms with E-state index in [0.717, 1.165) is 6.26 Å². The Hall–Kier alpha value is -1.89. The molecule has 0 spiro atoms. The van der Waals surface area contributed by atoms with Crippen LogP contribution in [0.1, 0.15) is 16.8 Å². The van der Waals surface area contributed by atoms with E-state index < -0.39 is 9.84 Å². The Morgan fingerprint density at radius 1 is 1.20 bits per heavy atom. The van der Waals surface area contributed by atoms with Gasteiger partial charge in [0, 0.05) is 37.9 Å². The second kappa shape index (κ2) is 5.62. The molecule has 0 radical (unpaired) electrons. The maximum atomic E-state index is 12.3. The summed E-state index contributed by atoms with van der Waals surface area (Å²) < 4.78 is 22.7. The van der Waals surface area contributed by atoms with Gasteiger partial charge in [-0.2, -0.15) is 0 Å². The quantitative estimate of drug-likeness (QED) is 0.836. The van der Waals surface area contributed by atoms with Crippen molar-refractivity contribution in [3.8, 4) is 0 Å². The number of amides is 2. The van der Waals surface area contributed by atoms with Gasteiger partial charge in [-0.3, -0.25) is 9.59 Å². The minimum absolute atomic E-state index is 0.0623. The van der Waals surface area contributed by atoms with Crippen molar-refractivity contribution in [2.24, 2.45) is 0 Å². The van der Waals surface area contributed by atoms with Crippen LogP contribution in [0.5, 0.6) is 0 Å². The number of hydrogen-bond donors (Lipinski definition) is 1. The highest BCUT2D eigenvalue weighted by atomic mass is 32.2. The molecule has 108 valence electrons. The molecule has 1 saturated heterocycles. The lowest BCUT2D eigenvalue weighted by molar-refractivity contribution is -0.120. The van der Waals surface area contributed by atoms with Gasteiger partial charge in [0.1, 0.15) is 0 Å². The Morgan fingerprint density at radius 3 is 2.45 bits per heavy atom. The van der Waals surface area contributed by atoms with Crippen molar-refractivity contribution in [3.63, 3.8) is 0 Å². The number of carbonyl (C=O) groups excluding carboxylic acids is 2. The molecule has 1 aromatic rings. The third-order valence-corrected chi connectivity index (χ3v) is 4.26. The molecule has 0 unspecified atom stereocenters. The van der Waals surface area contributed by atoms with Crippen molar-refractivity contribution in [3.05, 3.63) is 29.8 Å².